The number of rotatable bonds is 6. The van der Waals surface area contributed by atoms with Gasteiger partial charge in [0.25, 0.3) is 0 Å². The van der Waals surface area contributed by atoms with Crippen molar-refractivity contribution in [2.24, 2.45) is 5.92 Å². The molecular weight excluding hydrogens is 540 g/mol. The molecule has 1 fully saturated rings. The van der Waals surface area contributed by atoms with Gasteiger partial charge in [-0.15, -0.1) is 0 Å². The average Bonchev–Trinajstić information content (AvgIpc) is 3.52. The maximum Gasteiger partial charge on any atom is 0.238 e. The lowest BCUT2D eigenvalue weighted by Crippen LogP contribution is -2.51. The number of para-hydroxylation sites is 2. The van der Waals surface area contributed by atoms with Crippen molar-refractivity contribution in [3.05, 3.63) is 125 Å². The second-order valence-electron chi connectivity index (χ2n) is 11.2. The minimum atomic E-state index is -1.38. The fourth-order valence-electron chi connectivity index (χ4n) is 7.27. The maximum absolute atomic E-state index is 15.0. The fraction of sp³-hybridized carbons (Fsp3) is 0.194. The first-order valence-electron chi connectivity index (χ1n) is 14.2. The summed E-state index contributed by atoms with van der Waals surface area (Å²) in [5, 5.41) is 3.08. The van der Waals surface area contributed by atoms with Gasteiger partial charge in [0.15, 0.2) is 11.6 Å². The molecule has 0 unspecified atom stereocenters. The number of anilines is 2. The van der Waals surface area contributed by atoms with Crippen LogP contribution in [0.1, 0.15) is 38.8 Å². The first kappa shape index (κ1) is 26.7. The number of ether oxygens (including phenoxy) is 2. The molecule has 0 aromatic heterocycles. The molecule has 3 aliphatic rings. The summed E-state index contributed by atoms with van der Waals surface area (Å²) < 4.78 is 10.8. The van der Waals surface area contributed by atoms with Crippen LogP contribution in [0, 0.1) is 5.92 Å². The largest absolute Gasteiger partial charge is 0.497 e. The molecule has 1 N–H and O–H groups in total. The lowest BCUT2D eigenvalue weighted by Gasteiger charge is -2.39. The number of ketones is 2. The van der Waals surface area contributed by atoms with E-state index in [-0.39, 0.29) is 17.5 Å². The van der Waals surface area contributed by atoms with E-state index in [9.17, 15) is 14.4 Å². The number of Topliss-reactive ketones (excluding diaryl/α,β-unsaturated/α-hetero) is 2. The van der Waals surface area contributed by atoms with Crippen molar-refractivity contribution >= 4 is 34.4 Å². The average molecular weight is 571 g/mol. The normalized spacial score (nSPS) is 23.1. The Balaban J connectivity index is 1.53. The van der Waals surface area contributed by atoms with Crippen molar-refractivity contribution in [3.63, 3.8) is 0 Å². The second-order valence-corrected chi connectivity index (χ2v) is 11.2. The minimum Gasteiger partial charge on any atom is -0.497 e. The molecule has 1 saturated heterocycles. The Morgan fingerprint density at radius 1 is 0.791 bits per heavy atom. The summed E-state index contributed by atoms with van der Waals surface area (Å²) in [4.78, 5) is 46.3. The van der Waals surface area contributed by atoms with Gasteiger partial charge in [-0.05, 0) is 66.6 Å². The Morgan fingerprint density at radius 3 is 2.28 bits per heavy atom. The molecule has 7 nitrogen and oxygen atoms in total. The van der Waals surface area contributed by atoms with E-state index in [1.165, 1.54) is 0 Å². The molecule has 0 aliphatic carbocycles. The van der Waals surface area contributed by atoms with Gasteiger partial charge >= 0.3 is 0 Å². The number of carbonyl (C=O) groups is 3. The molecule has 4 aromatic carbocycles. The molecular formula is C36H30N2O5. The van der Waals surface area contributed by atoms with Crippen LogP contribution in [0.2, 0.25) is 0 Å². The number of allylic oxidation sites excluding steroid dienone is 1. The van der Waals surface area contributed by atoms with Crippen molar-refractivity contribution in [1.82, 2.24) is 0 Å². The lowest BCUT2D eigenvalue weighted by molar-refractivity contribution is -0.121. The molecule has 4 atom stereocenters. The number of hydrogen-bond donors (Lipinski definition) is 1. The third kappa shape index (κ3) is 3.77. The van der Waals surface area contributed by atoms with E-state index in [2.05, 4.69) is 11.4 Å². The number of nitrogens with zero attached hydrogens (tertiary/aromatic N) is 1. The number of amides is 1. The molecule has 1 spiro atoms. The summed E-state index contributed by atoms with van der Waals surface area (Å²) >= 11 is 0. The molecule has 3 aliphatic heterocycles. The van der Waals surface area contributed by atoms with Gasteiger partial charge in [0.2, 0.25) is 5.91 Å². The zero-order chi connectivity index (χ0) is 29.9. The first-order chi connectivity index (χ1) is 20.9. The van der Waals surface area contributed by atoms with Gasteiger partial charge in [0, 0.05) is 28.1 Å². The number of fused-ring (bicyclic) bond motifs is 6. The number of hydrogen-bond acceptors (Lipinski definition) is 6. The molecule has 1 amide bonds. The van der Waals surface area contributed by atoms with E-state index in [1.807, 2.05) is 60.4 Å². The first-order valence-corrected chi connectivity index (χ1v) is 14.2. The Morgan fingerprint density at radius 2 is 1.51 bits per heavy atom. The van der Waals surface area contributed by atoms with E-state index in [4.69, 9.17) is 9.47 Å². The van der Waals surface area contributed by atoms with E-state index in [0.29, 0.717) is 33.9 Å². The third-order valence-electron chi connectivity index (χ3n) is 9.16. The summed E-state index contributed by atoms with van der Waals surface area (Å²) in [6, 6.07) is 27.6. The van der Waals surface area contributed by atoms with Crippen molar-refractivity contribution in [1.29, 1.82) is 0 Å². The van der Waals surface area contributed by atoms with Gasteiger partial charge in [-0.3, -0.25) is 14.4 Å². The number of nitrogens with one attached hydrogen (secondary N) is 1. The number of carbonyl (C=O) groups excluding carboxylic acids is 3. The van der Waals surface area contributed by atoms with Crippen molar-refractivity contribution in [2.45, 2.75) is 24.4 Å². The van der Waals surface area contributed by atoms with Gasteiger partial charge in [-0.2, -0.15) is 0 Å². The molecule has 214 valence electrons. The summed E-state index contributed by atoms with van der Waals surface area (Å²) in [7, 11) is 3.11. The lowest BCUT2D eigenvalue weighted by atomic mass is 9.64. The highest BCUT2D eigenvalue weighted by Gasteiger charge is 2.70. The summed E-state index contributed by atoms with van der Waals surface area (Å²) in [6.45, 7) is 2.01. The zero-order valence-electron chi connectivity index (χ0n) is 24.0. The van der Waals surface area contributed by atoms with Crippen molar-refractivity contribution in [2.75, 3.05) is 24.4 Å². The van der Waals surface area contributed by atoms with Crippen LogP contribution in [-0.4, -0.2) is 43.8 Å². The molecule has 43 heavy (non-hydrogen) atoms. The Hall–Kier alpha value is -5.17. The monoisotopic (exact) mass is 570 g/mol. The predicted octanol–water partition coefficient (Wildman–Crippen LogP) is 5.95. The standard InChI is InChI=1S/C36H30N2O5/c1-21-19-30-36(27-12-5-6-13-28(27)37-35(36)41)31(33(39)23-9-8-10-25(20-23)43-3)32(38(30)29-14-7-4-11-26(21)29)34(40)22-15-17-24(42-2)18-16-22/h4-20,30-32H,1-3H3,(H,37,41)/t30-,31+,32-,36-/m1/s1. The van der Waals surface area contributed by atoms with Crippen LogP contribution in [0.15, 0.2) is 103 Å². The maximum atomic E-state index is 15.0. The summed E-state index contributed by atoms with van der Waals surface area (Å²) in [5.41, 5.74) is 3.56. The van der Waals surface area contributed by atoms with Crippen molar-refractivity contribution in [3.8, 4) is 11.5 Å². The quantitative estimate of drug-likeness (QED) is 0.289. The van der Waals surface area contributed by atoms with Crippen LogP contribution < -0.4 is 19.7 Å². The van der Waals surface area contributed by atoms with Crippen LogP contribution in [0.25, 0.3) is 5.57 Å². The Bertz CT molecular complexity index is 1830. The molecule has 0 radical (unpaired) electrons. The van der Waals surface area contributed by atoms with E-state index in [0.717, 1.165) is 16.8 Å². The van der Waals surface area contributed by atoms with E-state index < -0.39 is 23.4 Å². The predicted molar refractivity (Wildman–Crippen MR) is 165 cm³/mol. The molecule has 0 saturated carbocycles. The van der Waals surface area contributed by atoms with Gasteiger partial charge < -0.3 is 19.7 Å². The minimum absolute atomic E-state index is 0.245. The second kappa shape index (κ2) is 9.98. The van der Waals surface area contributed by atoms with Crippen LogP contribution >= 0.6 is 0 Å². The van der Waals surface area contributed by atoms with Gasteiger partial charge in [-0.1, -0.05) is 54.6 Å². The van der Waals surface area contributed by atoms with E-state index in [1.54, 1.807) is 62.8 Å². The van der Waals surface area contributed by atoms with Gasteiger partial charge in [0.1, 0.15) is 23.0 Å². The molecule has 4 aromatic rings. The molecule has 3 heterocycles. The fourth-order valence-corrected chi connectivity index (χ4v) is 7.27. The molecule has 7 rings (SSSR count). The zero-order valence-corrected chi connectivity index (χ0v) is 24.0. The van der Waals surface area contributed by atoms with Crippen LogP contribution in [0.4, 0.5) is 11.4 Å². The van der Waals surface area contributed by atoms with Crippen LogP contribution in [0.5, 0.6) is 11.5 Å². The van der Waals surface area contributed by atoms with Gasteiger partial charge in [0.05, 0.1) is 26.2 Å². The number of methoxy groups -OCH3 is 2. The Kier molecular flexibility index (Phi) is 6.20. The topological polar surface area (TPSA) is 84.9 Å². The molecule has 7 heteroatoms. The van der Waals surface area contributed by atoms with Gasteiger partial charge in [-0.25, -0.2) is 0 Å². The summed E-state index contributed by atoms with van der Waals surface area (Å²) in [6.07, 6.45) is 2.05. The van der Waals surface area contributed by atoms with Crippen LogP contribution in [0.3, 0.4) is 0 Å². The van der Waals surface area contributed by atoms with E-state index >= 15 is 0 Å². The Labute approximate surface area is 249 Å². The van der Waals surface area contributed by atoms with Crippen LogP contribution in [-0.2, 0) is 10.2 Å². The van der Waals surface area contributed by atoms with Crippen molar-refractivity contribution < 1.29 is 23.9 Å². The highest BCUT2D eigenvalue weighted by Crippen LogP contribution is 2.58. The highest BCUT2D eigenvalue weighted by molar-refractivity contribution is 6.18. The number of benzene rings is 4. The highest BCUT2D eigenvalue weighted by atomic mass is 16.5. The molecule has 0 bridgehead atoms. The smallest absolute Gasteiger partial charge is 0.238 e. The summed E-state index contributed by atoms with van der Waals surface area (Å²) in [5.74, 6) is -0.754. The third-order valence-corrected chi connectivity index (χ3v) is 9.16. The SMILES string of the molecule is COc1ccc(C(=O)[C@H]2[C@@H](C(=O)c3cccc(OC)c3)[C@]3(C(=O)Nc4ccccc43)[C@H]3C=C(C)c4ccccc4N23)cc1.